The van der Waals surface area contributed by atoms with Crippen LogP contribution in [-0.4, -0.2) is 28.9 Å². The topological polar surface area (TPSA) is 33.2 Å². The fraction of sp³-hybridized carbons (Fsp3) is 0.538. The normalized spacial score (nSPS) is 21.1. The molecule has 92 valence electrons. The van der Waals surface area contributed by atoms with Crippen LogP contribution in [0.4, 0.5) is 0 Å². The van der Waals surface area contributed by atoms with E-state index in [9.17, 15) is 4.79 Å². The lowest BCUT2D eigenvalue weighted by atomic mass is 10.0. The average molecular weight is 253 g/mol. The molecule has 2 heterocycles. The van der Waals surface area contributed by atoms with Crippen LogP contribution in [0.25, 0.3) is 0 Å². The SMILES string of the molecule is CC1CCCN(C(=O)c2ccnc(Cl)c2)CC1. The van der Waals surface area contributed by atoms with Crippen LogP contribution in [0, 0.1) is 5.92 Å². The standard InChI is InChI=1S/C13H17ClN2O/c1-10-3-2-7-16(8-5-10)13(17)11-4-6-15-12(14)9-11/h4,6,9-10H,2-3,5,7-8H2,1H3. The first-order valence-electron chi connectivity index (χ1n) is 6.07. The molecule has 0 aromatic carbocycles. The van der Waals surface area contributed by atoms with E-state index in [4.69, 9.17) is 11.6 Å². The molecule has 1 aromatic rings. The zero-order valence-corrected chi connectivity index (χ0v) is 10.8. The molecule has 0 radical (unpaired) electrons. The number of pyridine rings is 1. The number of hydrogen-bond acceptors (Lipinski definition) is 2. The third kappa shape index (κ3) is 3.19. The minimum atomic E-state index is 0.0726. The number of hydrogen-bond donors (Lipinski definition) is 0. The molecule has 0 aliphatic carbocycles. The van der Waals surface area contributed by atoms with Crippen LogP contribution in [-0.2, 0) is 0 Å². The molecular weight excluding hydrogens is 236 g/mol. The summed E-state index contributed by atoms with van der Waals surface area (Å²) in [5.41, 5.74) is 0.638. The van der Waals surface area contributed by atoms with E-state index < -0.39 is 0 Å². The molecule has 0 N–H and O–H groups in total. The van der Waals surface area contributed by atoms with Gasteiger partial charge >= 0.3 is 0 Å². The second kappa shape index (κ2) is 5.50. The summed E-state index contributed by atoms with van der Waals surface area (Å²) in [6, 6.07) is 3.36. The summed E-state index contributed by atoms with van der Waals surface area (Å²) in [5.74, 6) is 0.789. The second-order valence-electron chi connectivity index (χ2n) is 4.70. The van der Waals surface area contributed by atoms with Crippen LogP contribution in [0.1, 0.15) is 36.5 Å². The number of carbonyl (C=O) groups excluding carboxylic acids is 1. The molecule has 1 fully saturated rings. The fourth-order valence-electron chi connectivity index (χ4n) is 2.18. The summed E-state index contributed by atoms with van der Waals surface area (Å²) in [6.07, 6.45) is 4.97. The van der Waals surface area contributed by atoms with Gasteiger partial charge in [-0.25, -0.2) is 4.98 Å². The Hall–Kier alpha value is -1.09. The van der Waals surface area contributed by atoms with E-state index in [0.717, 1.165) is 25.9 Å². The third-order valence-electron chi connectivity index (χ3n) is 3.28. The maximum Gasteiger partial charge on any atom is 0.254 e. The van der Waals surface area contributed by atoms with Crippen molar-refractivity contribution in [3.8, 4) is 0 Å². The van der Waals surface area contributed by atoms with Gasteiger partial charge in [0.1, 0.15) is 5.15 Å². The van der Waals surface area contributed by atoms with Gasteiger partial charge in [-0.2, -0.15) is 0 Å². The lowest BCUT2D eigenvalue weighted by molar-refractivity contribution is 0.0760. The smallest absolute Gasteiger partial charge is 0.254 e. The summed E-state index contributed by atoms with van der Waals surface area (Å²) in [4.78, 5) is 18.1. The molecule has 1 amide bonds. The molecule has 1 aliphatic rings. The summed E-state index contributed by atoms with van der Waals surface area (Å²) < 4.78 is 0. The molecule has 2 rings (SSSR count). The van der Waals surface area contributed by atoms with Crippen LogP contribution in [0.15, 0.2) is 18.3 Å². The second-order valence-corrected chi connectivity index (χ2v) is 5.08. The van der Waals surface area contributed by atoms with Crippen molar-refractivity contribution in [2.75, 3.05) is 13.1 Å². The van der Waals surface area contributed by atoms with E-state index in [2.05, 4.69) is 11.9 Å². The minimum Gasteiger partial charge on any atom is -0.339 e. The third-order valence-corrected chi connectivity index (χ3v) is 3.48. The summed E-state index contributed by atoms with van der Waals surface area (Å²) in [6.45, 7) is 3.94. The first-order valence-corrected chi connectivity index (χ1v) is 6.45. The average Bonchev–Trinajstić information content (AvgIpc) is 2.53. The maximum absolute atomic E-state index is 12.3. The molecule has 1 saturated heterocycles. The number of carbonyl (C=O) groups is 1. The zero-order valence-electron chi connectivity index (χ0n) is 10.0. The lowest BCUT2D eigenvalue weighted by Gasteiger charge is -2.20. The van der Waals surface area contributed by atoms with Crippen molar-refractivity contribution < 1.29 is 4.79 Å². The van der Waals surface area contributed by atoms with Crippen molar-refractivity contribution in [3.63, 3.8) is 0 Å². The van der Waals surface area contributed by atoms with Crippen LogP contribution in [0.3, 0.4) is 0 Å². The van der Waals surface area contributed by atoms with E-state index in [1.165, 1.54) is 6.42 Å². The first kappa shape index (κ1) is 12.4. The minimum absolute atomic E-state index is 0.0726. The highest BCUT2D eigenvalue weighted by molar-refractivity contribution is 6.29. The zero-order chi connectivity index (χ0) is 12.3. The molecule has 0 spiro atoms. The highest BCUT2D eigenvalue weighted by atomic mass is 35.5. The van der Waals surface area contributed by atoms with Gasteiger partial charge in [0, 0.05) is 24.8 Å². The lowest BCUT2D eigenvalue weighted by Crippen LogP contribution is -2.32. The Balaban J connectivity index is 2.09. The molecule has 1 aliphatic heterocycles. The molecule has 0 bridgehead atoms. The monoisotopic (exact) mass is 252 g/mol. The number of rotatable bonds is 1. The molecule has 17 heavy (non-hydrogen) atoms. The van der Waals surface area contributed by atoms with Gasteiger partial charge in [0.2, 0.25) is 0 Å². The van der Waals surface area contributed by atoms with E-state index in [0.29, 0.717) is 16.6 Å². The predicted octanol–water partition coefficient (Wildman–Crippen LogP) is 3.00. The van der Waals surface area contributed by atoms with E-state index in [-0.39, 0.29) is 5.91 Å². The Morgan fingerprint density at radius 3 is 3.06 bits per heavy atom. The quantitative estimate of drug-likeness (QED) is 0.720. The highest BCUT2D eigenvalue weighted by Gasteiger charge is 2.19. The Morgan fingerprint density at radius 2 is 2.29 bits per heavy atom. The number of nitrogens with zero attached hydrogens (tertiary/aromatic N) is 2. The number of likely N-dealkylation sites (tertiary alicyclic amines) is 1. The largest absolute Gasteiger partial charge is 0.339 e. The van der Waals surface area contributed by atoms with Crippen molar-refractivity contribution >= 4 is 17.5 Å². The molecular formula is C13H17ClN2O. The van der Waals surface area contributed by atoms with Crippen molar-refractivity contribution in [2.24, 2.45) is 5.92 Å². The summed E-state index contributed by atoms with van der Waals surface area (Å²) >= 11 is 5.80. The van der Waals surface area contributed by atoms with E-state index in [1.54, 1.807) is 18.3 Å². The number of amides is 1. The van der Waals surface area contributed by atoms with Crippen molar-refractivity contribution in [1.29, 1.82) is 0 Å². The van der Waals surface area contributed by atoms with Gasteiger partial charge < -0.3 is 4.90 Å². The molecule has 1 aromatic heterocycles. The number of aromatic nitrogens is 1. The van der Waals surface area contributed by atoms with Crippen LogP contribution in [0.2, 0.25) is 5.15 Å². The summed E-state index contributed by atoms with van der Waals surface area (Å²) in [5, 5.41) is 0.374. The number of halogens is 1. The van der Waals surface area contributed by atoms with Crippen molar-refractivity contribution in [1.82, 2.24) is 9.88 Å². The van der Waals surface area contributed by atoms with Gasteiger partial charge in [0.15, 0.2) is 0 Å². The Morgan fingerprint density at radius 1 is 1.47 bits per heavy atom. The fourth-order valence-corrected chi connectivity index (χ4v) is 2.36. The van der Waals surface area contributed by atoms with Gasteiger partial charge in [0.25, 0.3) is 5.91 Å². The van der Waals surface area contributed by atoms with Gasteiger partial charge in [-0.05, 0) is 37.3 Å². The molecule has 0 saturated carbocycles. The van der Waals surface area contributed by atoms with Gasteiger partial charge in [-0.1, -0.05) is 18.5 Å². The molecule has 1 unspecified atom stereocenters. The molecule has 1 atom stereocenters. The van der Waals surface area contributed by atoms with E-state index in [1.807, 2.05) is 4.90 Å². The van der Waals surface area contributed by atoms with Crippen LogP contribution >= 0.6 is 11.6 Å². The van der Waals surface area contributed by atoms with Crippen molar-refractivity contribution in [2.45, 2.75) is 26.2 Å². The molecule has 4 heteroatoms. The summed E-state index contributed by atoms with van der Waals surface area (Å²) in [7, 11) is 0. The maximum atomic E-state index is 12.3. The molecule has 3 nitrogen and oxygen atoms in total. The van der Waals surface area contributed by atoms with Gasteiger partial charge in [0.05, 0.1) is 0 Å². The Bertz CT molecular complexity index is 408. The first-order chi connectivity index (χ1) is 8.16. The Labute approximate surface area is 107 Å². The Kier molecular flexibility index (Phi) is 4.00. The van der Waals surface area contributed by atoms with Crippen LogP contribution in [0.5, 0.6) is 0 Å². The van der Waals surface area contributed by atoms with E-state index >= 15 is 0 Å². The van der Waals surface area contributed by atoms with Crippen LogP contribution < -0.4 is 0 Å². The van der Waals surface area contributed by atoms with Gasteiger partial charge in [-0.3, -0.25) is 4.79 Å². The van der Waals surface area contributed by atoms with Gasteiger partial charge in [-0.15, -0.1) is 0 Å². The predicted molar refractivity (Wildman–Crippen MR) is 68.2 cm³/mol. The van der Waals surface area contributed by atoms with Crippen molar-refractivity contribution in [3.05, 3.63) is 29.0 Å². The highest BCUT2D eigenvalue weighted by Crippen LogP contribution is 2.18.